The molecule has 2 amide bonds. The van der Waals surface area contributed by atoms with Crippen LogP contribution in [0.4, 0.5) is 4.79 Å². The number of amides is 2. The maximum Gasteiger partial charge on any atom is 0.328 e. The van der Waals surface area contributed by atoms with Crippen LogP contribution in [-0.4, -0.2) is 34.4 Å². The fraction of sp³-hybridized carbons (Fsp3) is 0.538. The molecule has 0 aromatic carbocycles. The minimum atomic E-state index is -1.33. The summed E-state index contributed by atoms with van der Waals surface area (Å²) in [5.41, 5.74) is 0. The zero-order chi connectivity index (χ0) is 15.3. The normalized spacial score (nSPS) is 15.4. The number of nitrogens with one attached hydrogen (secondary N) is 2. The minimum Gasteiger partial charge on any atom is -0.480 e. The molecule has 0 aliphatic heterocycles. The van der Waals surface area contributed by atoms with E-state index in [1.165, 1.54) is 18.3 Å². The summed E-state index contributed by atoms with van der Waals surface area (Å²) in [7, 11) is 0. The van der Waals surface area contributed by atoms with E-state index < -0.39 is 24.1 Å². The Kier molecular flexibility index (Phi) is 5.97. The van der Waals surface area contributed by atoms with Crippen LogP contribution in [0.1, 0.15) is 31.7 Å². The second-order valence-corrected chi connectivity index (χ2v) is 5.89. The molecule has 3 unspecified atom stereocenters. The van der Waals surface area contributed by atoms with Gasteiger partial charge in [-0.1, -0.05) is 19.9 Å². The first-order chi connectivity index (χ1) is 9.32. The Morgan fingerprint density at radius 2 is 1.90 bits per heavy atom. The van der Waals surface area contributed by atoms with Crippen molar-refractivity contribution in [2.75, 3.05) is 0 Å². The van der Waals surface area contributed by atoms with E-state index in [9.17, 15) is 14.7 Å². The number of aliphatic carboxylic acids is 1. The number of hydrogen-bond donors (Lipinski definition) is 4. The standard InChI is InChI=1S/C13H20N2O4S/c1-7(2)10(9-5-4-6-20-9)14-13(19)15-11(8(3)16)12(17)18/h4-8,10-11,16H,1-3H3,(H,17,18)(H2,14,15,19). The lowest BCUT2D eigenvalue weighted by molar-refractivity contribution is -0.141. The molecular weight excluding hydrogens is 280 g/mol. The summed E-state index contributed by atoms with van der Waals surface area (Å²) in [6.45, 7) is 5.25. The highest BCUT2D eigenvalue weighted by Crippen LogP contribution is 2.25. The number of aliphatic hydroxyl groups excluding tert-OH is 1. The average Bonchev–Trinajstić information content (AvgIpc) is 2.85. The number of rotatable bonds is 6. The van der Waals surface area contributed by atoms with Crippen LogP contribution in [0.15, 0.2) is 17.5 Å². The van der Waals surface area contributed by atoms with Crippen molar-refractivity contribution in [1.29, 1.82) is 0 Å². The van der Waals surface area contributed by atoms with E-state index in [2.05, 4.69) is 10.6 Å². The molecule has 0 fully saturated rings. The van der Waals surface area contributed by atoms with Gasteiger partial charge in [-0.05, 0) is 24.3 Å². The molecule has 0 spiro atoms. The van der Waals surface area contributed by atoms with Gasteiger partial charge in [0.15, 0.2) is 6.04 Å². The number of thiophene rings is 1. The van der Waals surface area contributed by atoms with Gasteiger partial charge < -0.3 is 20.8 Å². The number of hydrogen-bond acceptors (Lipinski definition) is 4. The van der Waals surface area contributed by atoms with Crippen molar-refractivity contribution in [3.8, 4) is 0 Å². The Morgan fingerprint density at radius 3 is 2.30 bits per heavy atom. The molecule has 0 saturated carbocycles. The fourth-order valence-corrected chi connectivity index (χ4v) is 2.70. The molecule has 0 aliphatic carbocycles. The lowest BCUT2D eigenvalue weighted by Gasteiger charge is -2.23. The molecule has 1 aromatic heterocycles. The van der Waals surface area contributed by atoms with E-state index in [4.69, 9.17) is 5.11 Å². The van der Waals surface area contributed by atoms with Crippen LogP contribution in [0, 0.1) is 5.92 Å². The number of carboxylic acid groups (broad SMARTS) is 1. The molecule has 4 N–H and O–H groups in total. The number of carbonyl (C=O) groups is 2. The van der Waals surface area contributed by atoms with Crippen molar-refractivity contribution < 1.29 is 19.8 Å². The third-order valence-corrected chi connectivity index (χ3v) is 3.79. The van der Waals surface area contributed by atoms with Crippen LogP contribution in [0.25, 0.3) is 0 Å². The Balaban J connectivity index is 2.70. The summed E-state index contributed by atoms with van der Waals surface area (Å²) in [6.07, 6.45) is -1.17. The van der Waals surface area contributed by atoms with Gasteiger partial charge in [-0.3, -0.25) is 0 Å². The van der Waals surface area contributed by atoms with Crippen molar-refractivity contribution in [3.05, 3.63) is 22.4 Å². The van der Waals surface area contributed by atoms with E-state index in [-0.39, 0.29) is 12.0 Å². The third kappa shape index (κ3) is 4.50. The zero-order valence-corrected chi connectivity index (χ0v) is 12.5. The molecule has 1 heterocycles. The Morgan fingerprint density at radius 1 is 1.25 bits per heavy atom. The van der Waals surface area contributed by atoms with Gasteiger partial charge in [-0.2, -0.15) is 0 Å². The summed E-state index contributed by atoms with van der Waals surface area (Å²) in [5, 5.41) is 25.2. The molecule has 1 aromatic rings. The number of carboxylic acids is 1. The predicted molar refractivity (Wildman–Crippen MR) is 76.7 cm³/mol. The number of aliphatic hydroxyl groups is 1. The van der Waals surface area contributed by atoms with E-state index in [1.807, 2.05) is 31.4 Å². The first kappa shape index (κ1) is 16.5. The van der Waals surface area contributed by atoms with Crippen LogP contribution in [0.2, 0.25) is 0 Å². The average molecular weight is 300 g/mol. The Bertz CT molecular complexity index is 445. The van der Waals surface area contributed by atoms with Gasteiger partial charge in [0.05, 0.1) is 12.1 Å². The molecule has 0 radical (unpaired) electrons. The zero-order valence-electron chi connectivity index (χ0n) is 11.7. The van der Waals surface area contributed by atoms with Crippen LogP contribution < -0.4 is 10.6 Å². The van der Waals surface area contributed by atoms with Crippen LogP contribution in [0.5, 0.6) is 0 Å². The number of urea groups is 1. The lowest BCUT2D eigenvalue weighted by atomic mass is 10.0. The summed E-state index contributed by atoms with van der Waals surface area (Å²) in [6, 6.07) is 1.68. The van der Waals surface area contributed by atoms with Crippen molar-refractivity contribution in [3.63, 3.8) is 0 Å². The number of carbonyl (C=O) groups excluding carboxylic acids is 1. The van der Waals surface area contributed by atoms with Gasteiger partial charge in [0.2, 0.25) is 0 Å². The molecule has 1 rings (SSSR count). The van der Waals surface area contributed by atoms with Gasteiger partial charge in [-0.25, -0.2) is 9.59 Å². The molecule has 0 bridgehead atoms. The summed E-state index contributed by atoms with van der Waals surface area (Å²) in [5.74, 6) is -1.11. The Labute approximate surface area is 121 Å². The quantitative estimate of drug-likeness (QED) is 0.641. The van der Waals surface area contributed by atoms with Crippen LogP contribution >= 0.6 is 11.3 Å². The van der Waals surface area contributed by atoms with Gasteiger partial charge in [0, 0.05) is 4.88 Å². The maximum atomic E-state index is 11.9. The highest BCUT2D eigenvalue weighted by atomic mass is 32.1. The molecule has 6 nitrogen and oxygen atoms in total. The van der Waals surface area contributed by atoms with Crippen LogP contribution in [0.3, 0.4) is 0 Å². The largest absolute Gasteiger partial charge is 0.480 e. The second-order valence-electron chi connectivity index (χ2n) is 4.91. The van der Waals surface area contributed by atoms with Crippen LogP contribution in [-0.2, 0) is 4.79 Å². The monoisotopic (exact) mass is 300 g/mol. The van der Waals surface area contributed by atoms with E-state index in [1.54, 1.807) is 0 Å². The van der Waals surface area contributed by atoms with Gasteiger partial charge >= 0.3 is 12.0 Å². The molecular formula is C13H20N2O4S. The summed E-state index contributed by atoms with van der Waals surface area (Å²) in [4.78, 5) is 23.8. The Hall–Kier alpha value is -1.60. The minimum absolute atomic E-state index is 0.161. The summed E-state index contributed by atoms with van der Waals surface area (Å²) < 4.78 is 0. The van der Waals surface area contributed by atoms with E-state index >= 15 is 0 Å². The summed E-state index contributed by atoms with van der Waals surface area (Å²) >= 11 is 1.52. The molecule has 0 aliphatic rings. The van der Waals surface area contributed by atoms with Crippen molar-refractivity contribution >= 4 is 23.3 Å². The van der Waals surface area contributed by atoms with Gasteiger partial charge in [0.25, 0.3) is 0 Å². The highest BCUT2D eigenvalue weighted by Gasteiger charge is 2.27. The third-order valence-electron chi connectivity index (χ3n) is 2.84. The molecule has 7 heteroatoms. The molecule has 20 heavy (non-hydrogen) atoms. The molecule has 3 atom stereocenters. The van der Waals surface area contributed by atoms with E-state index in [0.717, 1.165) is 4.88 Å². The molecule has 112 valence electrons. The van der Waals surface area contributed by atoms with E-state index in [0.29, 0.717) is 0 Å². The second kappa shape index (κ2) is 7.25. The SMILES string of the molecule is CC(C)C(NC(=O)NC(C(=O)O)C(C)O)c1cccs1. The van der Waals surface area contributed by atoms with Gasteiger partial charge in [0.1, 0.15) is 0 Å². The van der Waals surface area contributed by atoms with Crippen molar-refractivity contribution in [2.45, 2.75) is 39.0 Å². The predicted octanol–water partition coefficient (Wildman–Crippen LogP) is 1.58. The smallest absolute Gasteiger partial charge is 0.328 e. The first-order valence-corrected chi connectivity index (χ1v) is 7.22. The van der Waals surface area contributed by atoms with Gasteiger partial charge in [-0.15, -0.1) is 11.3 Å². The van der Waals surface area contributed by atoms with Crippen molar-refractivity contribution in [2.24, 2.45) is 5.92 Å². The first-order valence-electron chi connectivity index (χ1n) is 6.34. The molecule has 0 saturated heterocycles. The highest BCUT2D eigenvalue weighted by molar-refractivity contribution is 7.10. The fourth-order valence-electron chi connectivity index (χ4n) is 1.75. The van der Waals surface area contributed by atoms with Crippen molar-refractivity contribution in [1.82, 2.24) is 10.6 Å². The lowest BCUT2D eigenvalue weighted by Crippen LogP contribution is -2.52. The maximum absolute atomic E-state index is 11.9. The topological polar surface area (TPSA) is 98.7 Å².